The molecule has 7 heterocycles. The molecule has 0 aromatic carbocycles. The fourth-order valence-electron chi connectivity index (χ4n) is 10.6. The molecule has 7 rings (SSSR count). The molecule has 61 heavy (non-hydrogen) atoms. The van der Waals surface area contributed by atoms with Crippen LogP contribution >= 0.6 is 0 Å². The maximum Gasteiger partial charge on any atom is 0.410 e. The second-order valence-corrected chi connectivity index (χ2v) is 18.4. The van der Waals surface area contributed by atoms with Crippen LogP contribution in [0.25, 0.3) is 11.0 Å². The van der Waals surface area contributed by atoms with Gasteiger partial charge in [-0.3, -0.25) is 19.7 Å². The van der Waals surface area contributed by atoms with Crippen molar-refractivity contribution in [3.05, 3.63) is 30.0 Å². The maximum absolute atomic E-state index is 14.6. The van der Waals surface area contributed by atoms with Crippen molar-refractivity contribution in [2.24, 2.45) is 33.8 Å². The van der Waals surface area contributed by atoms with Crippen LogP contribution in [0.4, 0.5) is 10.6 Å². The molecule has 1 amide bonds. The molecule has 0 unspecified atom stereocenters. The zero-order valence-electron chi connectivity index (χ0n) is 37.3. The molecule has 14 atom stereocenters. The van der Waals surface area contributed by atoms with Crippen LogP contribution in [0, 0.1) is 23.7 Å². The Morgan fingerprint density at radius 3 is 2.59 bits per heavy atom. The number of nitrogens with zero attached hydrogens (tertiary/aromatic N) is 6. The van der Waals surface area contributed by atoms with Gasteiger partial charge in [-0.1, -0.05) is 32.9 Å². The quantitative estimate of drug-likeness (QED) is 0.294. The molecule has 336 valence electrons. The van der Waals surface area contributed by atoms with Crippen molar-refractivity contribution in [1.82, 2.24) is 19.8 Å². The van der Waals surface area contributed by atoms with Crippen molar-refractivity contribution in [2.75, 3.05) is 46.1 Å². The van der Waals surface area contributed by atoms with Crippen molar-refractivity contribution in [2.45, 2.75) is 141 Å². The van der Waals surface area contributed by atoms with E-state index in [1.165, 1.54) is 0 Å². The van der Waals surface area contributed by atoms with E-state index in [0.29, 0.717) is 54.9 Å². The topological polar surface area (TPSA) is 202 Å². The van der Waals surface area contributed by atoms with Gasteiger partial charge < -0.3 is 49.0 Å². The molecule has 0 radical (unpaired) electrons. The number of aliphatic hydroxyl groups is 1. The number of ether oxygens (including phenoxy) is 6. The molecule has 5 aliphatic heterocycles. The van der Waals surface area contributed by atoms with Crippen LogP contribution in [0.1, 0.15) is 80.2 Å². The molecule has 4 saturated heterocycles. The van der Waals surface area contributed by atoms with Gasteiger partial charge in [0.05, 0.1) is 66.7 Å². The number of nitrogens with two attached hydrogens (primary N) is 1. The van der Waals surface area contributed by atoms with E-state index in [-0.39, 0.29) is 43.8 Å². The number of likely N-dealkylation sites (N-methyl/N-ethyl adjacent to an activating group) is 1. The molecule has 5 aliphatic rings. The highest BCUT2D eigenvalue weighted by atomic mass is 16.7. The summed E-state index contributed by atoms with van der Waals surface area (Å²) in [5.41, 5.74) is 7.12. The van der Waals surface area contributed by atoms with Gasteiger partial charge >= 0.3 is 12.1 Å². The smallest absolute Gasteiger partial charge is 0.410 e. The Kier molecular flexibility index (Phi) is 13.3. The van der Waals surface area contributed by atoms with Crippen LogP contribution < -0.4 is 5.73 Å². The van der Waals surface area contributed by atoms with E-state index in [9.17, 15) is 14.7 Å². The summed E-state index contributed by atoms with van der Waals surface area (Å²) in [6.07, 6.45) is -1.91. The fourth-order valence-corrected chi connectivity index (χ4v) is 10.6. The van der Waals surface area contributed by atoms with E-state index in [0.717, 1.165) is 11.3 Å². The number of hydrogen-bond acceptors (Lipinski definition) is 16. The van der Waals surface area contributed by atoms with Crippen molar-refractivity contribution >= 4 is 40.3 Å². The third kappa shape index (κ3) is 8.83. The number of fused-ring (bicyclic) bond motifs is 5. The van der Waals surface area contributed by atoms with Crippen molar-refractivity contribution in [3.63, 3.8) is 0 Å². The summed E-state index contributed by atoms with van der Waals surface area (Å²) in [6, 6.07) is 4.63. The highest BCUT2D eigenvalue weighted by molar-refractivity contribution is 5.91. The molecule has 0 aliphatic carbocycles. The Morgan fingerprint density at radius 1 is 1.08 bits per heavy atom. The van der Waals surface area contributed by atoms with Crippen molar-refractivity contribution < 1.29 is 48.0 Å². The number of hydrogen-bond donors (Lipinski definition) is 2. The Labute approximate surface area is 358 Å². The maximum atomic E-state index is 14.6. The highest BCUT2D eigenvalue weighted by Crippen LogP contribution is 2.45. The minimum atomic E-state index is -1.15. The van der Waals surface area contributed by atoms with Crippen molar-refractivity contribution in [1.29, 1.82) is 0 Å². The summed E-state index contributed by atoms with van der Waals surface area (Å²) in [5.74, 6) is -1.98. The molecule has 0 saturated carbocycles. The van der Waals surface area contributed by atoms with Crippen LogP contribution in [0.15, 0.2) is 34.5 Å². The molecular formula is C44H65N7O10. The summed E-state index contributed by atoms with van der Waals surface area (Å²) in [5, 5.41) is 16.4. The number of carbonyl (C=O) groups is 2. The standard InChI is InChI=1S/C44H65N7O10/c1-11-32-44(8)38-25(4)34(47-16-17-51(38)42(54)61-44)23(2)19-43(7)39(60-41-36(52)31(50(9)10)18-24(3)58-41)26(5)37(27(6)40(53)59-32)55-21-29(22-56-43)49-57-20-28-14-15-46-30-12-13-33(45)48-35(28)30/h12-15,23-27,31-32,36-39,41,52H,11,16-22H2,1-10H3,(H2,45,48)/b49-29+/t23-,24+,25+,26+,27-,31-,32-,36+,37+,38-,39-,41-,43-,44-/m1/s1. The number of aliphatic hydroxyl groups excluding tert-OH is 1. The largest absolute Gasteiger partial charge is 0.458 e. The van der Waals surface area contributed by atoms with E-state index in [2.05, 4.69) is 29.0 Å². The van der Waals surface area contributed by atoms with Gasteiger partial charge in [-0.15, -0.1) is 0 Å². The predicted octanol–water partition coefficient (Wildman–Crippen LogP) is 4.37. The number of nitrogen functional groups attached to an aromatic ring is 1. The number of oxime groups is 1. The van der Waals surface area contributed by atoms with E-state index in [4.69, 9.17) is 44.0 Å². The number of pyridine rings is 2. The monoisotopic (exact) mass is 851 g/mol. The molecule has 0 spiro atoms. The first kappa shape index (κ1) is 45.0. The van der Waals surface area contributed by atoms with E-state index in [1.54, 1.807) is 30.2 Å². The Morgan fingerprint density at radius 2 is 1.85 bits per heavy atom. The lowest BCUT2D eigenvalue weighted by molar-refractivity contribution is -0.302. The Balaban J connectivity index is 1.31. The lowest BCUT2D eigenvalue weighted by Gasteiger charge is -2.48. The highest BCUT2D eigenvalue weighted by Gasteiger charge is 2.60. The van der Waals surface area contributed by atoms with Gasteiger partial charge in [0.15, 0.2) is 11.9 Å². The number of carbonyl (C=O) groups excluding carboxylic acids is 2. The molecule has 17 nitrogen and oxygen atoms in total. The Hall–Kier alpha value is -4.00. The average Bonchev–Trinajstić information content (AvgIpc) is 3.36. The van der Waals surface area contributed by atoms with Crippen LogP contribution in [0.5, 0.6) is 0 Å². The summed E-state index contributed by atoms with van der Waals surface area (Å²) < 4.78 is 39.9. The molecule has 4 bridgehead atoms. The number of amides is 1. The predicted molar refractivity (Wildman–Crippen MR) is 227 cm³/mol. The second-order valence-electron chi connectivity index (χ2n) is 18.4. The van der Waals surface area contributed by atoms with Crippen LogP contribution in [0.2, 0.25) is 0 Å². The first-order valence-corrected chi connectivity index (χ1v) is 21.8. The second kappa shape index (κ2) is 18.0. The van der Waals surface area contributed by atoms with Crippen molar-refractivity contribution in [3.8, 4) is 0 Å². The summed E-state index contributed by atoms with van der Waals surface area (Å²) in [4.78, 5) is 51.9. The molecular weight excluding hydrogens is 787 g/mol. The van der Waals surface area contributed by atoms with Gasteiger partial charge in [0.2, 0.25) is 0 Å². The van der Waals surface area contributed by atoms with Gasteiger partial charge in [0, 0.05) is 41.9 Å². The van der Waals surface area contributed by atoms with Crippen LogP contribution in [-0.4, -0.2) is 149 Å². The SMILES string of the molecule is CC[C@H]1OC(=O)[C@H](C)[C@H]2OC/C(=N\OCc3ccnc4ccc(N)nc34)CO[C@](C)(C[C@@H](C)C3=NCCN4C(=O)O[C@@]1(C)[C@H]4[C@H]3C)[C@H](O[C@H]1O[C@@H](C)C[C@@H](N(C)C)[C@@H]1O)[C@H]2C. The van der Waals surface area contributed by atoms with E-state index in [1.807, 2.05) is 59.7 Å². The number of aromatic nitrogens is 2. The minimum absolute atomic E-state index is 0.00873. The van der Waals surface area contributed by atoms with Gasteiger partial charge in [-0.2, -0.15) is 0 Å². The van der Waals surface area contributed by atoms with E-state index < -0.39 is 71.8 Å². The third-order valence-corrected chi connectivity index (χ3v) is 13.7. The van der Waals surface area contributed by atoms with E-state index >= 15 is 0 Å². The number of rotatable bonds is 7. The minimum Gasteiger partial charge on any atom is -0.458 e. The summed E-state index contributed by atoms with van der Waals surface area (Å²) in [6.45, 7) is 16.5. The third-order valence-electron chi connectivity index (χ3n) is 13.7. The van der Waals surface area contributed by atoms with Gasteiger partial charge in [0.25, 0.3) is 0 Å². The fraction of sp³-hybridized carbons (Fsp3) is 0.727. The number of esters is 1. The molecule has 2 aromatic heterocycles. The summed E-state index contributed by atoms with van der Waals surface area (Å²) >= 11 is 0. The van der Waals surface area contributed by atoms with Gasteiger partial charge in [-0.25, -0.2) is 9.78 Å². The average molecular weight is 852 g/mol. The normalized spacial score (nSPS) is 39.4. The zero-order valence-corrected chi connectivity index (χ0v) is 37.3. The lowest BCUT2D eigenvalue weighted by atomic mass is 9.72. The Bertz CT molecular complexity index is 1980. The molecule has 4 fully saturated rings. The first-order valence-electron chi connectivity index (χ1n) is 21.8. The number of aliphatic imine (C=N–C) groups is 1. The van der Waals surface area contributed by atoms with Gasteiger partial charge in [0.1, 0.15) is 30.3 Å². The molecule has 17 heteroatoms. The van der Waals surface area contributed by atoms with Crippen LogP contribution in [-0.2, 0) is 44.7 Å². The zero-order chi connectivity index (χ0) is 44.0. The van der Waals surface area contributed by atoms with Crippen LogP contribution in [0.3, 0.4) is 0 Å². The lowest BCUT2D eigenvalue weighted by Crippen LogP contribution is -2.60. The molecule has 3 N–H and O–H groups in total. The first-order chi connectivity index (χ1) is 28.9. The number of anilines is 1. The summed E-state index contributed by atoms with van der Waals surface area (Å²) in [7, 11) is 3.86. The van der Waals surface area contributed by atoms with Gasteiger partial charge in [-0.05, 0) is 85.2 Å². The molecule has 2 aromatic rings. The number of cyclic esters (lactones) is 1.